The predicted molar refractivity (Wildman–Crippen MR) is 66.2 cm³/mol. The van der Waals surface area contributed by atoms with Crippen LogP contribution in [0.25, 0.3) is 5.82 Å². The van der Waals surface area contributed by atoms with Crippen LogP contribution in [-0.2, 0) is 5.41 Å². The second-order valence-electron chi connectivity index (χ2n) is 5.48. The Morgan fingerprint density at radius 3 is 2.50 bits per heavy atom. The largest absolute Gasteiger partial charge is 0.324 e. The lowest BCUT2D eigenvalue weighted by molar-refractivity contribution is 0.501. The lowest BCUT2D eigenvalue weighted by atomic mass is 9.87. The maximum atomic E-state index is 6.40. The Balaban J connectivity index is 1.68. The number of aromatic nitrogens is 4. The first-order chi connectivity index (χ1) is 8.74. The van der Waals surface area contributed by atoms with E-state index in [0.29, 0.717) is 0 Å². The monoisotopic (exact) mass is 241 g/mol. The minimum Gasteiger partial charge on any atom is -0.324 e. The molecule has 0 saturated heterocycles. The highest BCUT2D eigenvalue weighted by Gasteiger charge is 2.64. The number of pyridine rings is 1. The molecule has 0 atom stereocenters. The highest BCUT2D eigenvalue weighted by atomic mass is 15.3. The molecule has 2 aliphatic carbocycles. The van der Waals surface area contributed by atoms with Crippen LogP contribution in [-0.4, -0.2) is 25.3 Å². The Bertz CT molecular complexity index is 564. The number of nitrogens with two attached hydrogens (primary N) is 1. The molecule has 4 rings (SSSR count). The minimum absolute atomic E-state index is 0.0451. The minimum atomic E-state index is 0.0451. The Labute approximate surface area is 105 Å². The first kappa shape index (κ1) is 10.2. The third-order valence-corrected chi connectivity index (χ3v) is 4.45. The van der Waals surface area contributed by atoms with Gasteiger partial charge in [0.15, 0.2) is 5.82 Å². The summed E-state index contributed by atoms with van der Waals surface area (Å²) < 4.78 is 1.67. The summed E-state index contributed by atoms with van der Waals surface area (Å²) in [6.07, 6.45) is 9.82. The summed E-state index contributed by atoms with van der Waals surface area (Å²) in [6, 6.07) is 4.14. The van der Waals surface area contributed by atoms with Crippen molar-refractivity contribution in [1.29, 1.82) is 0 Å². The van der Waals surface area contributed by atoms with Crippen molar-refractivity contribution in [2.45, 2.75) is 36.6 Å². The number of rotatable bonds is 3. The summed E-state index contributed by atoms with van der Waals surface area (Å²) >= 11 is 0. The van der Waals surface area contributed by atoms with Crippen molar-refractivity contribution in [2.75, 3.05) is 0 Å². The molecular weight excluding hydrogens is 226 g/mol. The van der Waals surface area contributed by atoms with Crippen LogP contribution in [0, 0.1) is 0 Å². The van der Waals surface area contributed by atoms with E-state index in [1.165, 1.54) is 24.7 Å². The van der Waals surface area contributed by atoms with Crippen LogP contribution in [0.5, 0.6) is 0 Å². The molecular formula is C13H15N5. The summed E-state index contributed by atoms with van der Waals surface area (Å²) in [4.78, 5) is 8.40. The van der Waals surface area contributed by atoms with Crippen LogP contribution in [0.4, 0.5) is 0 Å². The van der Waals surface area contributed by atoms with E-state index in [1.54, 1.807) is 11.0 Å². The summed E-state index contributed by atoms with van der Waals surface area (Å²) in [6.45, 7) is 0. The molecule has 2 fully saturated rings. The molecule has 2 aliphatic rings. The predicted octanol–water partition coefficient (Wildman–Crippen LogP) is 1.19. The normalized spacial score (nSPS) is 22.7. The van der Waals surface area contributed by atoms with Crippen molar-refractivity contribution < 1.29 is 0 Å². The molecule has 0 amide bonds. The molecule has 0 bridgehead atoms. The molecule has 0 aliphatic heterocycles. The Morgan fingerprint density at radius 2 is 2.00 bits per heavy atom. The molecule has 2 heterocycles. The zero-order valence-electron chi connectivity index (χ0n) is 10.1. The van der Waals surface area contributed by atoms with Crippen molar-refractivity contribution in [3.8, 4) is 5.82 Å². The summed E-state index contributed by atoms with van der Waals surface area (Å²) in [7, 11) is 0. The van der Waals surface area contributed by atoms with Gasteiger partial charge in [0.1, 0.15) is 12.7 Å². The van der Waals surface area contributed by atoms with Crippen LogP contribution >= 0.6 is 0 Å². The van der Waals surface area contributed by atoms with Gasteiger partial charge in [-0.2, -0.15) is 5.10 Å². The third-order valence-electron chi connectivity index (χ3n) is 4.45. The topological polar surface area (TPSA) is 69.6 Å². The van der Waals surface area contributed by atoms with E-state index in [-0.39, 0.29) is 11.0 Å². The molecule has 2 saturated carbocycles. The average molecular weight is 241 g/mol. The maximum Gasteiger partial charge on any atom is 0.155 e. The van der Waals surface area contributed by atoms with Crippen molar-refractivity contribution >= 4 is 0 Å². The van der Waals surface area contributed by atoms with Crippen LogP contribution in [0.15, 0.2) is 31.0 Å². The number of nitrogens with zero attached hydrogens (tertiary/aromatic N) is 4. The van der Waals surface area contributed by atoms with Gasteiger partial charge in [-0.05, 0) is 37.3 Å². The van der Waals surface area contributed by atoms with Gasteiger partial charge in [0, 0.05) is 17.2 Å². The lowest BCUT2D eigenvalue weighted by Crippen LogP contribution is -2.37. The molecule has 5 nitrogen and oxygen atoms in total. The fourth-order valence-corrected chi connectivity index (χ4v) is 2.94. The van der Waals surface area contributed by atoms with Gasteiger partial charge in [-0.3, -0.25) is 0 Å². The van der Waals surface area contributed by atoms with Gasteiger partial charge in [0.25, 0.3) is 0 Å². The second-order valence-corrected chi connectivity index (χ2v) is 5.48. The Kier molecular flexibility index (Phi) is 1.80. The van der Waals surface area contributed by atoms with Crippen molar-refractivity contribution in [3.63, 3.8) is 0 Å². The average Bonchev–Trinajstić information content (AvgIpc) is 3.30. The number of hydrogen-bond donors (Lipinski definition) is 1. The number of hydrogen-bond acceptors (Lipinski definition) is 4. The van der Waals surface area contributed by atoms with E-state index >= 15 is 0 Å². The van der Waals surface area contributed by atoms with E-state index in [4.69, 9.17) is 5.73 Å². The summed E-state index contributed by atoms with van der Waals surface area (Å²) in [5, 5.41) is 4.07. The third kappa shape index (κ3) is 1.28. The van der Waals surface area contributed by atoms with Gasteiger partial charge >= 0.3 is 0 Å². The van der Waals surface area contributed by atoms with E-state index in [1.807, 2.05) is 12.3 Å². The first-order valence-electron chi connectivity index (χ1n) is 6.34. The van der Waals surface area contributed by atoms with Crippen LogP contribution < -0.4 is 5.73 Å². The van der Waals surface area contributed by atoms with Gasteiger partial charge in [-0.25, -0.2) is 14.6 Å². The molecule has 0 radical (unpaired) electrons. The van der Waals surface area contributed by atoms with Crippen LogP contribution in [0.3, 0.4) is 0 Å². The van der Waals surface area contributed by atoms with Gasteiger partial charge in [0.2, 0.25) is 0 Å². The SMILES string of the molecule is NC1(C2(c3ccc(-n4cncn4)nc3)CC2)CC1. The van der Waals surface area contributed by atoms with Crippen molar-refractivity contribution in [1.82, 2.24) is 19.7 Å². The fraction of sp³-hybridized carbons (Fsp3) is 0.462. The second kappa shape index (κ2) is 3.17. The van der Waals surface area contributed by atoms with Gasteiger partial charge in [-0.15, -0.1) is 0 Å². The zero-order chi connectivity index (χ0) is 12.2. The molecule has 2 aromatic heterocycles. The molecule has 92 valence electrons. The lowest BCUT2D eigenvalue weighted by Gasteiger charge is -2.23. The molecule has 0 unspecified atom stereocenters. The first-order valence-corrected chi connectivity index (χ1v) is 6.34. The van der Waals surface area contributed by atoms with E-state index in [2.05, 4.69) is 21.1 Å². The van der Waals surface area contributed by atoms with Gasteiger partial charge in [-0.1, -0.05) is 6.07 Å². The summed E-state index contributed by atoms with van der Waals surface area (Å²) in [5.74, 6) is 0.800. The van der Waals surface area contributed by atoms with Crippen molar-refractivity contribution in [2.24, 2.45) is 5.73 Å². The van der Waals surface area contributed by atoms with Crippen LogP contribution in [0.1, 0.15) is 31.2 Å². The van der Waals surface area contributed by atoms with Gasteiger partial charge < -0.3 is 5.73 Å². The standard InChI is InChI=1S/C13H15N5/c14-13(5-6-13)12(3-4-12)10-1-2-11(16-7-10)18-9-15-8-17-18/h1-2,7-9H,3-6,14H2. The van der Waals surface area contributed by atoms with Crippen molar-refractivity contribution in [3.05, 3.63) is 36.5 Å². The highest BCUT2D eigenvalue weighted by molar-refractivity contribution is 5.41. The zero-order valence-corrected chi connectivity index (χ0v) is 10.1. The van der Waals surface area contributed by atoms with E-state index in [0.717, 1.165) is 18.7 Å². The van der Waals surface area contributed by atoms with Gasteiger partial charge in [0.05, 0.1) is 0 Å². The fourth-order valence-electron chi connectivity index (χ4n) is 2.94. The Morgan fingerprint density at radius 1 is 1.17 bits per heavy atom. The highest BCUT2D eigenvalue weighted by Crippen LogP contribution is 2.63. The maximum absolute atomic E-state index is 6.40. The molecule has 0 aromatic carbocycles. The molecule has 0 spiro atoms. The van der Waals surface area contributed by atoms with E-state index < -0.39 is 0 Å². The summed E-state index contributed by atoms with van der Waals surface area (Å²) in [5.41, 5.74) is 7.93. The smallest absolute Gasteiger partial charge is 0.155 e. The quantitative estimate of drug-likeness (QED) is 0.876. The Hall–Kier alpha value is -1.75. The van der Waals surface area contributed by atoms with Crippen LogP contribution in [0.2, 0.25) is 0 Å². The molecule has 2 aromatic rings. The molecule has 2 N–H and O–H groups in total. The molecule has 18 heavy (non-hydrogen) atoms. The molecule has 5 heteroatoms. The van der Waals surface area contributed by atoms with E-state index in [9.17, 15) is 0 Å².